The van der Waals surface area contributed by atoms with Gasteiger partial charge in [0.15, 0.2) is 6.61 Å². The monoisotopic (exact) mass is 403 g/mol. The molecule has 156 valence electrons. The number of aromatic nitrogens is 1. The zero-order valence-electron chi connectivity index (χ0n) is 17.1. The molecule has 0 radical (unpaired) electrons. The van der Waals surface area contributed by atoms with Crippen LogP contribution in [0.3, 0.4) is 0 Å². The summed E-state index contributed by atoms with van der Waals surface area (Å²) >= 11 is 0. The van der Waals surface area contributed by atoms with Crippen molar-refractivity contribution in [3.05, 3.63) is 46.8 Å². The van der Waals surface area contributed by atoms with Gasteiger partial charge in [-0.15, -0.1) is 0 Å². The van der Waals surface area contributed by atoms with Crippen LogP contribution in [0.25, 0.3) is 0 Å². The van der Waals surface area contributed by atoms with Gasteiger partial charge in [-0.2, -0.15) is 0 Å². The van der Waals surface area contributed by atoms with Crippen LogP contribution in [0.5, 0.6) is 5.75 Å². The van der Waals surface area contributed by atoms with Crippen molar-refractivity contribution >= 4 is 17.9 Å². The normalized spacial score (nSPS) is 10.9. The number of carbonyl (C=O) groups is 3. The van der Waals surface area contributed by atoms with Crippen LogP contribution in [0.15, 0.2) is 28.8 Å². The third-order valence-corrected chi connectivity index (χ3v) is 3.73. The number of nitrogens with zero attached hydrogens (tertiary/aromatic N) is 1. The Morgan fingerprint density at radius 2 is 1.76 bits per heavy atom. The van der Waals surface area contributed by atoms with Crippen LogP contribution in [-0.4, -0.2) is 35.2 Å². The lowest BCUT2D eigenvalue weighted by molar-refractivity contribution is -0.123. The van der Waals surface area contributed by atoms with Crippen molar-refractivity contribution < 1.29 is 28.4 Å². The molecule has 0 spiro atoms. The van der Waals surface area contributed by atoms with E-state index in [2.05, 4.69) is 15.8 Å². The largest absolute Gasteiger partial charge is 0.489 e. The van der Waals surface area contributed by atoms with Crippen LogP contribution in [0.4, 0.5) is 4.79 Å². The van der Waals surface area contributed by atoms with Gasteiger partial charge < -0.3 is 19.3 Å². The van der Waals surface area contributed by atoms with E-state index < -0.39 is 30.1 Å². The summed E-state index contributed by atoms with van der Waals surface area (Å²) in [6.07, 6.45) is 0. The number of aryl methyl sites for hydroxylation is 2. The van der Waals surface area contributed by atoms with Crippen LogP contribution in [0.2, 0.25) is 0 Å². The van der Waals surface area contributed by atoms with Gasteiger partial charge in [0.05, 0.1) is 16.8 Å². The molecule has 9 nitrogen and oxygen atoms in total. The predicted molar refractivity (Wildman–Crippen MR) is 103 cm³/mol. The molecule has 0 atom stereocenters. The number of urea groups is 1. The van der Waals surface area contributed by atoms with Crippen molar-refractivity contribution in [2.45, 2.75) is 46.8 Å². The van der Waals surface area contributed by atoms with Crippen molar-refractivity contribution in [3.8, 4) is 5.75 Å². The fourth-order valence-corrected chi connectivity index (χ4v) is 2.30. The van der Waals surface area contributed by atoms with Crippen molar-refractivity contribution in [1.29, 1.82) is 0 Å². The van der Waals surface area contributed by atoms with E-state index in [0.717, 1.165) is 11.3 Å². The molecule has 0 aliphatic rings. The Morgan fingerprint density at radius 3 is 2.31 bits per heavy atom. The third kappa shape index (κ3) is 6.95. The highest BCUT2D eigenvalue weighted by Gasteiger charge is 2.17. The quantitative estimate of drug-likeness (QED) is 0.712. The van der Waals surface area contributed by atoms with E-state index in [0.29, 0.717) is 18.1 Å². The van der Waals surface area contributed by atoms with Crippen LogP contribution in [-0.2, 0) is 16.1 Å². The standard InChI is InChI=1S/C20H25N3O6/c1-12-16(13(2)29-23-12)10-27-15-8-6-14(7-9-15)18(25)28-11-17(24)21-19(26)22-20(3,4)5/h6-9H,10-11H2,1-5H3,(H2,21,22,24,26). The fourth-order valence-electron chi connectivity index (χ4n) is 2.30. The topological polar surface area (TPSA) is 120 Å². The van der Waals surface area contributed by atoms with Gasteiger partial charge in [-0.1, -0.05) is 5.16 Å². The molecule has 2 aromatic rings. The second-order valence-corrected chi connectivity index (χ2v) is 7.44. The summed E-state index contributed by atoms with van der Waals surface area (Å²) in [6.45, 7) is 8.69. The van der Waals surface area contributed by atoms with Gasteiger partial charge in [-0.25, -0.2) is 9.59 Å². The average molecular weight is 403 g/mol. The molecular formula is C20H25N3O6. The van der Waals surface area contributed by atoms with Crippen LogP contribution in [0, 0.1) is 13.8 Å². The number of hydrogen-bond acceptors (Lipinski definition) is 7. The predicted octanol–water partition coefficient (Wildman–Crippen LogP) is 2.65. The Labute approximate surface area is 168 Å². The molecule has 0 saturated carbocycles. The lowest BCUT2D eigenvalue weighted by Crippen LogP contribution is -2.49. The Morgan fingerprint density at radius 1 is 1.10 bits per heavy atom. The van der Waals surface area contributed by atoms with Crippen molar-refractivity contribution in [2.24, 2.45) is 0 Å². The number of imide groups is 1. The highest BCUT2D eigenvalue weighted by atomic mass is 16.5. The minimum atomic E-state index is -0.723. The number of carbonyl (C=O) groups excluding carboxylic acids is 3. The molecule has 2 N–H and O–H groups in total. The summed E-state index contributed by atoms with van der Waals surface area (Å²) in [5, 5.41) is 8.52. The van der Waals surface area contributed by atoms with E-state index in [1.165, 1.54) is 12.1 Å². The number of hydrogen-bond donors (Lipinski definition) is 2. The number of rotatable bonds is 6. The molecule has 0 aliphatic carbocycles. The Balaban J connectivity index is 1.81. The first-order chi connectivity index (χ1) is 13.5. The molecular weight excluding hydrogens is 378 g/mol. The smallest absolute Gasteiger partial charge is 0.338 e. The Bertz CT molecular complexity index is 861. The molecule has 3 amide bonds. The van der Waals surface area contributed by atoms with Crippen molar-refractivity contribution in [3.63, 3.8) is 0 Å². The second-order valence-electron chi connectivity index (χ2n) is 7.44. The maximum absolute atomic E-state index is 12.0. The van der Waals surface area contributed by atoms with E-state index in [1.54, 1.807) is 39.8 Å². The lowest BCUT2D eigenvalue weighted by Gasteiger charge is -2.20. The fraction of sp³-hybridized carbons (Fsp3) is 0.400. The Kier molecular flexibility index (Phi) is 6.98. The van der Waals surface area contributed by atoms with Crippen molar-refractivity contribution in [2.75, 3.05) is 6.61 Å². The number of ether oxygens (including phenoxy) is 2. The molecule has 0 saturated heterocycles. The molecule has 0 aliphatic heterocycles. The SMILES string of the molecule is Cc1noc(C)c1COc1ccc(C(=O)OCC(=O)NC(=O)NC(C)(C)C)cc1. The summed E-state index contributed by atoms with van der Waals surface area (Å²) in [5.74, 6) is -0.163. The first kappa shape index (κ1) is 21.9. The van der Waals surface area contributed by atoms with Gasteiger partial charge in [0, 0.05) is 5.54 Å². The zero-order chi connectivity index (χ0) is 21.6. The third-order valence-electron chi connectivity index (χ3n) is 3.73. The van der Waals surface area contributed by atoms with Gasteiger partial charge in [0.2, 0.25) is 0 Å². The lowest BCUT2D eigenvalue weighted by atomic mass is 10.1. The van der Waals surface area contributed by atoms with Crippen LogP contribution < -0.4 is 15.4 Å². The maximum Gasteiger partial charge on any atom is 0.338 e. The highest BCUT2D eigenvalue weighted by molar-refractivity contribution is 5.97. The molecule has 0 fully saturated rings. The molecule has 1 heterocycles. The first-order valence-corrected chi connectivity index (χ1v) is 8.99. The summed E-state index contributed by atoms with van der Waals surface area (Å²) in [6, 6.07) is 5.63. The van der Waals surface area contributed by atoms with E-state index >= 15 is 0 Å². The zero-order valence-corrected chi connectivity index (χ0v) is 17.1. The van der Waals surface area contributed by atoms with Gasteiger partial charge in [0.25, 0.3) is 5.91 Å². The molecule has 1 aromatic carbocycles. The molecule has 2 rings (SSSR count). The van der Waals surface area contributed by atoms with E-state index in [1.807, 2.05) is 6.92 Å². The number of amides is 3. The maximum atomic E-state index is 12.0. The molecule has 0 unspecified atom stereocenters. The number of benzene rings is 1. The minimum Gasteiger partial charge on any atom is -0.489 e. The molecule has 29 heavy (non-hydrogen) atoms. The number of esters is 1. The second kappa shape index (κ2) is 9.22. The van der Waals surface area contributed by atoms with E-state index in [4.69, 9.17) is 14.0 Å². The van der Waals surface area contributed by atoms with E-state index in [9.17, 15) is 14.4 Å². The number of nitrogens with one attached hydrogen (secondary N) is 2. The van der Waals surface area contributed by atoms with Crippen LogP contribution >= 0.6 is 0 Å². The van der Waals surface area contributed by atoms with Gasteiger partial charge in [-0.05, 0) is 58.9 Å². The molecule has 9 heteroatoms. The van der Waals surface area contributed by atoms with Gasteiger partial charge in [0.1, 0.15) is 18.1 Å². The van der Waals surface area contributed by atoms with Gasteiger partial charge in [-0.3, -0.25) is 10.1 Å². The molecule has 0 bridgehead atoms. The van der Waals surface area contributed by atoms with Crippen LogP contribution in [0.1, 0.15) is 48.1 Å². The first-order valence-electron chi connectivity index (χ1n) is 8.99. The van der Waals surface area contributed by atoms with Crippen molar-refractivity contribution in [1.82, 2.24) is 15.8 Å². The van der Waals surface area contributed by atoms with E-state index in [-0.39, 0.29) is 5.56 Å². The minimum absolute atomic E-state index is 0.252. The highest BCUT2D eigenvalue weighted by Crippen LogP contribution is 2.18. The summed E-state index contributed by atoms with van der Waals surface area (Å²) in [4.78, 5) is 35.3. The summed E-state index contributed by atoms with van der Waals surface area (Å²) in [7, 11) is 0. The summed E-state index contributed by atoms with van der Waals surface area (Å²) < 4.78 is 15.7. The average Bonchev–Trinajstić information content (AvgIpc) is 2.94. The summed E-state index contributed by atoms with van der Waals surface area (Å²) in [5.41, 5.74) is 1.39. The Hall–Kier alpha value is -3.36. The molecule has 1 aromatic heterocycles. The van der Waals surface area contributed by atoms with Gasteiger partial charge >= 0.3 is 12.0 Å².